The first-order valence-corrected chi connectivity index (χ1v) is 9.04. The van der Waals surface area contributed by atoms with Crippen molar-refractivity contribution in [2.45, 2.75) is 13.1 Å². The van der Waals surface area contributed by atoms with Crippen LogP contribution in [0.5, 0.6) is 0 Å². The Bertz CT molecular complexity index is 799. The Balaban J connectivity index is 1.78. The first-order valence-electron chi connectivity index (χ1n) is 8.66. The minimum Gasteiger partial charge on any atom is -0.308 e. The second-order valence-electron chi connectivity index (χ2n) is 6.65. The number of likely N-dealkylation sites (N-methyl/N-ethyl adjacent to an activating group) is 1. The lowest BCUT2D eigenvalue weighted by molar-refractivity contribution is 0.226. The number of aromatic nitrogens is 3. The summed E-state index contributed by atoms with van der Waals surface area (Å²) in [6.07, 6.45) is 5.65. The molecule has 6 heteroatoms. The Morgan fingerprint density at radius 1 is 1.00 bits per heavy atom. The van der Waals surface area contributed by atoms with Gasteiger partial charge in [0.1, 0.15) is 0 Å². The molecular formula is C20H24ClN5. The predicted molar refractivity (Wildman–Crippen MR) is 106 cm³/mol. The van der Waals surface area contributed by atoms with Gasteiger partial charge in [-0.3, -0.25) is 15.0 Å². The molecule has 0 unspecified atom stereocenters. The van der Waals surface area contributed by atoms with Crippen LogP contribution < -0.4 is 0 Å². The maximum atomic E-state index is 6.01. The average molecular weight is 370 g/mol. The van der Waals surface area contributed by atoms with Gasteiger partial charge in [0.2, 0.25) is 0 Å². The minimum atomic E-state index is 0.735. The third-order valence-electron chi connectivity index (χ3n) is 4.24. The third-order valence-corrected chi connectivity index (χ3v) is 4.49. The number of hydrogen-bond donors (Lipinski definition) is 1. The lowest BCUT2D eigenvalue weighted by Crippen LogP contribution is -2.31. The average Bonchev–Trinajstić information content (AvgIpc) is 3.09. The minimum absolute atomic E-state index is 0.735. The SMILES string of the molecule is CN(C)CCN(Cc1cccnc1)Cc1cn[nH]c1-c1ccc(Cl)cc1. The van der Waals surface area contributed by atoms with E-state index in [9.17, 15) is 0 Å². The first kappa shape index (κ1) is 18.6. The van der Waals surface area contributed by atoms with Gasteiger partial charge >= 0.3 is 0 Å². The Hall–Kier alpha value is -2.21. The molecule has 0 aliphatic carbocycles. The zero-order chi connectivity index (χ0) is 18.4. The van der Waals surface area contributed by atoms with Gasteiger partial charge in [-0.1, -0.05) is 29.8 Å². The van der Waals surface area contributed by atoms with E-state index in [1.54, 1.807) is 0 Å². The molecule has 0 bridgehead atoms. The smallest absolute Gasteiger partial charge is 0.0695 e. The van der Waals surface area contributed by atoms with Gasteiger partial charge in [-0.05, 0) is 43.4 Å². The van der Waals surface area contributed by atoms with E-state index in [0.717, 1.165) is 42.5 Å². The first-order chi connectivity index (χ1) is 12.6. The summed E-state index contributed by atoms with van der Waals surface area (Å²) in [4.78, 5) is 8.85. The van der Waals surface area contributed by atoms with Crippen LogP contribution in [-0.2, 0) is 13.1 Å². The molecule has 5 nitrogen and oxygen atoms in total. The molecule has 0 atom stereocenters. The maximum Gasteiger partial charge on any atom is 0.0695 e. The summed E-state index contributed by atoms with van der Waals surface area (Å²) in [6, 6.07) is 11.9. The number of aromatic amines is 1. The van der Waals surface area contributed by atoms with Crippen LogP contribution in [0.2, 0.25) is 5.02 Å². The third kappa shape index (κ3) is 5.14. The van der Waals surface area contributed by atoms with Gasteiger partial charge in [0.15, 0.2) is 0 Å². The summed E-state index contributed by atoms with van der Waals surface area (Å²) in [7, 11) is 4.19. The number of nitrogens with zero attached hydrogens (tertiary/aromatic N) is 4. The van der Waals surface area contributed by atoms with Crippen molar-refractivity contribution in [1.29, 1.82) is 0 Å². The molecule has 136 valence electrons. The molecule has 0 saturated heterocycles. The summed E-state index contributed by atoms with van der Waals surface area (Å²) in [6.45, 7) is 3.63. The van der Waals surface area contributed by atoms with Crippen molar-refractivity contribution in [2.24, 2.45) is 0 Å². The van der Waals surface area contributed by atoms with Crippen molar-refractivity contribution in [3.05, 3.63) is 71.1 Å². The number of halogens is 1. The number of nitrogens with one attached hydrogen (secondary N) is 1. The highest BCUT2D eigenvalue weighted by atomic mass is 35.5. The van der Waals surface area contributed by atoms with Crippen LogP contribution in [0.1, 0.15) is 11.1 Å². The van der Waals surface area contributed by atoms with Crippen molar-refractivity contribution in [3.8, 4) is 11.3 Å². The van der Waals surface area contributed by atoms with Gasteiger partial charge in [-0.25, -0.2) is 0 Å². The van der Waals surface area contributed by atoms with Crippen LogP contribution in [-0.4, -0.2) is 52.2 Å². The fourth-order valence-electron chi connectivity index (χ4n) is 2.84. The van der Waals surface area contributed by atoms with E-state index in [1.165, 1.54) is 11.1 Å². The molecule has 3 rings (SSSR count). The molecule has 1 aromatic carbocycles. The standard InChI is InChI=1S/C20H24ClN5/c1-25(2)10-11-26(14-16-4-3-9-22-12-16)15-18-13-23-24-20(18)17-5-7-19(21)8-6-17/h3-9,12-13H,10-11,14-15H2,1-2H3,(H,23,24). The molecule has 0 amide bonds. The molecule has 2 aromatic heterocycles. The van der Waals surface area contributed by atoms with Crippen molar-refractivity contribution in [3.63, 3.8) is 0 Å². The second kappa shape index (κ2) is 8.94. The molecule has 2 heterocycles. The molecule has 3 aromatic rings. The van der Waals surface area contributed by atoms with Crippen molar-refractivity contribution in [1.82, 2.24) is 25.0 Å². The maximum absolute atomic E-state index is 6.01. The fourth-order valence-corrected chi connectivity index (χ4v) is 2.97. The number of hydrogen-bond acceptors (Lipinski definition) is 4. The molecule has 0 fully saturated rings. The van der Waals surface area contributed by atoms with Gasteiger partial charge in [-0.2, -0.15) is 5.10 Å². The summed E-state index contributed by atoms with van der Waals surface area (Å²) in [5, 5.41) is 8.14. The molecule has 0 radical (unpaired) electrons. The largest absolute Gasteiger partial charge is 0.308 e. The quantitative estimate of drug-likeness (QED) is 0.657. The van der Waals surface area contributed by atoms with E-state index in [0.29, 0.717) is 0 Å². The van der Waals surface area contributed by atoms with E-state index in [4.69, 9.17) is 11.6 Å². The van der Waals surface area contributed by atoms with Crippen LogP contribution in [0.15, 0.2) is 55.0 Å². The highest BCUT2D eigenvalue weighted by Gasteiger charge is 2.13. The lowest BCUT2D eigenvalue weighted by atomic mass is 10.1. The number of benzene rings is 1. The fraction of sp³-hybridized carbons (Fsp3) is 0.300. The van der Waals surface area contributed by atoms with E-state index >= 15 is 0 Å². The van der Waals surface area contributed by atoms with Gasteiger partial charge in [0, 0.05) is 49.2 Å². The molecule has 0 aliphatic heterocycles. The Morgan fingerprint density at radius 2 is 1.81 bits per heavy atom. The molecule has 0 aliphatic rings. The summed E-state index contributed by atoms with van der Waals surface area (Å²) in [5.74, 6) is 0. The zero-order valence-electron chi connectivity index (χ0n) is 15.2. The molecular weight excluding hydrogens is 346 g/mol. The van der Waals surface area contributed by atoms with Crippen LogP contribution in [0.3, 0.4) is 0 Å². The Kier molecular flexibility index (Phi) is 6.39. The van der Waals surface area contributed by atoms with E-state index < -0.39 is 0 Å². The zero-order valence-corrected chi connectivity index (χ0v) is 15.9. The van der Waals surface area contributed by atoms with Crippen molar-refractivity contribution in [2.75, 3.05) is 27.2 Å². The number of H-pyrrole nitrogens is 1. The number of pyridine rings is 1. The lowest BCUT2D eigenvalue weighted by Gasteiger charge is -2.24. The molecule has 1 N–H and O–H groups in total. The van der Waals surface area contributed by atoms with E-state index in [2.05, 4.69) is 45.1 Å². The molecule has 0 saturated carbocycles. The summed E-state index contributed by atoms with van der Waals surface area (Å²) >= 11 is 6.01. The second-order valence-corrected chi connectivity index (χ2v) is 7.09. The highest BCUT2D eigenvalue weighted by Crippen LogP contribution is 2.24. The Labute approximate surface area is 159 Å². The Morgan fingerprint density at radius 3 is 2.50 bits per heavy atom. The van der Waals surface area contributed by atoms with Gasteiger partial charge in [-0.15, -0.1) is 0 Å². The summed E-state index contributed by atoms with van der Waals surface area (Å²) < 4.78 is 0. The molecule has 26 heavy (non-hydrogen) atoms. The number of rotatable bonds is 8. The highest BCUT2D eigenvalue weighted by molar-refractivity contribution is 6.30. The van der Waals surface area contributed by atoms with Gasteiger partial charge in [0.25, 0.3) is 0 Å². The van der Waals surface area contributed by atoms with Crippen LogP contribution in [0.4, 0.5) is 0 Å². The predicted octanol–water partition coefficient (Wildman–Crippen LogP) is 3.69. The molecule has 0 spiro atoms. The van der Waals surface area contributed by atoms with E-state index in [-0.39, 0.29) is 0 Å². The van der Waals surface area contributed by atoms with Crippen molar-refractivity contribution >= 4 is 11.6 Å². The van der Waals surface area contributed by atoms with Gasteiger partial charge < -0.3 is 4.90 Å². The monoisotopic (exact) mass is 369 g/mol. The summed E-state index contributed by atoms with van der Waals surface area (Å²) in [5.41, 5.74) is 4.52. The van der Waals surface area contributed by atoms with E-state index in [1.807, 2.05) is 48.9 Å². The van der Waals surface area contributed by atoms with Crippen molar-refractivity contribution < 1.29 is 0 Å². The topological polar surface area (TPSA) is 48.1 Å². The normalized spacial score (nSPS) is 11.4. The van der Waals surface area contributed by atoms with Crippen LogP contribution in [0, 0.1) is 0 Å². The van der Waals surface area contributed by atoms with Crippen LogP contribution in [0.25, 0.3) is 11.3 Å². The van der Waals surface area contributed by atoms with Gasteiger partial charge in [0.05, 0.1) is 11.9 Å². The van der Waals surface area contributed by atoms with Crippen LogP contribution >= 0.6 is 11.6 Å².